The first-order valence-corrected chi connectivity index (χ1v) is 7.50. The Kier molecular flexibility index (Phi) is 6.86. The Labute approximate surface area is 141 Å². The van der Waals surface area contributed by atoms with E-state index in [1.807, 2.05) is 0 Å². The molecule has 0 aliphatic heterocycles. The quantitative estimate of drug-likeness (QED) is 0.305. The van der Waals surface area contributed by atoms with E-state index >= 15 is 0 Å². The molecule has 0 bridgehead atoms. The highest BCUT2D eigenvalue weighted by Gasteiger charge is 2.09. The molecule has 5 nitrogen and oxygen atoms in total. The van der Waals surface area contributed by atoms with Gasteiger partial charge in [0.25, 0.3) is 0 Å². The lowest BCUT2D eigenvalue weighted by Crippen LogP contribution is -2.08. The zero-order chi connectivity index (χ0) is 17.2. The topological polar surface area (TPSA) is 54.0 Å². The monoisotopic (exact) mass is 328 g/mol. The van der Waals surface area contributed by atoms with Crippen molar-refractivity contribution in [2.75, 3.05) is 26.9 Å². The molecule has 0 saturated carbocycles. The summed E-state index contributed by atoms with van der Waals surface area (Å²) in [6, 6.07) is 13.6. The van der Waals surface area contributed by atoms with Gasteiger partial charge in [0.15, 0.2) is 0 Å². The molecule has 0 saturated heterocycles. The van der Waals surface area contributed by atoms with Crippen LogP contribution in [0.5, 0.6) is 17.2 Å². The number of rotatable bonds is 9. The lowest BCUT2D eigenvalue weighted by Gasteiger charge is -2.08. The van der Waals surface area contributed by atoms with Crippen LogP contribution in [0.25, 0.3) is 0 Å². The van der Waals surface area contributed by atoms with Gasteiger partial charge in [0.1, 0.15) is 30.5 Å². The summed E-state index contributed by atoms with van der Waals surface area (Å²) in [6.07, 6.45) is 1.66. The van der Waals surface area contributed by atoms with Gasteiger partial charge in [-0.15, -0.1) is 0 Å². The van der Waals surface area contributed by atoms with Crippen molar-refractivity contribution in [3.8, 4) is 17.2 Å². The summed E-state index contributed by atoms with van der Waals surface area (Å²) in [4.78, 5) is 12.1. The van der Waals surface area contributed by atoms with Crippen molar-refractivity contribution in [3.05, 3.63) is 66.7 Å². The highest BCUT2D eigenvalue weighted by Crippen LogP contribution is 2.19. The average Bonchev–Trinajstić information content (AvgIpc) is 2.62. The van der Waals surface area contributed by atoms with Crippen molar-refractivity contribution in [2.24, 2.45) is 0 Å². The second-order valence-electron chi connectivity index (χ2n) is 4.83. The molecule has 0 amide bonds. The van der Waals surface area contributed by atoms with E-state index < -0.39 is 5.97 Å². The normalized spacial score (nSPS) is 10.0. The molecule has 0 unspecified atom stereocenters. The van der Waals surface area contributed by atoms with Crippen LogP contribution in [0, 0.1) is 0 Å². The van der Waals surface area contributed by atoms with Gasteiger partial charge in [-0.25, -0.2) is 4.79 Å². The molecule has 0 aromatic heterocycles. The molecule has 0 spiro atoms. The molecule has 0 atom stereocenters. The van der Waals surface area contributed by atoms with E-state index in [9.17, 15) is 4.79 Å². The summed E-state index contributed by atoms with van der Waals surface area (Å²) in [6.45, 7) is 4.99. The molecule has 0 aliphatic rings. The zero-order valence-electron chi connectivity index (χ0n) is 13.6. The first-order chi connectivity index (χ1) is 11.7. The Morgan fingerprint density at radius 2 is 1.50 bits per heavy atom. The highest BCUT2D eigenvalue weighted by molar-refractivity contribution is 5.91. The van der Waals surface area contributed by atoms with Crippen LogP contribution in [-0.2, 0) is 4.74 Å². The van der Waals surface area contributed by atoms with Crippen LogP contribution in [0.1, 0.15) is 10.4 Å². The van der Waals surface area contributed by atoms with Crippen molar-refractivity contribution in [1.29, 1.82) is 0 Å². The summed E-state index contributed by atoms with van der Waals surface area (Å²) in [5.74, 6) is 1.38. The lowest BCUT2D eigenvalue weighted by molar-refractivity contribution is 0.0734. The number of esters is 1. The molecule has 2 aromatic rings. The number of carbonyl (C=O) groups excluding carboxylic acids is 1. The van der Waals surface area contributed by atoms with Crippen LogP contribution in [0.2, 0.25) is 0 Å². The Bertz CT molecular complexity index is 646. The molecular formula is C19H20O5. The van der Waals surface area contributed by atoms with E-state index in [4.69, 9.17) is 18.9 Å². The Balaban J connectivity index is 1.90. The predicted molar refractivity (Wildman–Crippen MR) is 90.9 cm³/mol. The number of methoxy groups -OCH3 is 1. The molecule has 0 aliphatic carbocycles. The third-order valence-electron chi connectivity index (χ3n) is 3.05. The first kappa shape index (κ1) is 17.6. The van der Waals surface area contributed by atoms with Crippen molar-refractivity contribution < 1.29 is 23.7 Å². The molecule has 2 aromatic carbocycles. The minimum Gasteiger partial charge on any atom is -0.491 e. The van der Waals surface area contributed by atoms with E-state index in [1.54, 1.807) is 61.7 Å². The molecule has 24 heavy (non-hydrogen) atoms. The summed E-state index contributed by atoms with van der Waals surface area (Å²) in [5.41, 5.74) is 0.446. The van der Waals surface area contributed by atoms with Gasteiger partial charge < -0.3 is 18.9 Å². The maximum Gasteiger partial charge on any atom is 0.343 e. The fraction of sp³-hybridized carbons (Fsp3) is 0.211. The molecule has 2 rings (SSSR count). The lowest BCUT2D eigenvalue weighted by atomic mass is 10.2. The summed E-state index contributed by atoms with van der Waals surface area (Å²) in [5, 5.41) is 0. The second-order valence-corrected chi connectivity index (χ2v) is 4.83. The Morgan fingerprint density at radius 3 is 2.12 bits per heavy atom. The van der Waals surface area contributed by atoms with Gasteiger partial charge in [-0.3, -0.25) is 0 Å². The van der Waals surface area contributed by atoms with Gasteiger partial charge in [0.2, 0.25) is 0 Å². The molecular weight excluding hydrogens is 308 g/mol. The van der Waals surface area contributed by atoms with Crippen LogP contribution in [0.3, 0.4) is 0 Å². The molecule has 5 heteroatoms. The highest BCUT2D eigenvalue weighted by atomic mass is 16.5. The third kappa shape index (κ3) is 5.44. The minimum absolute atomic E-state index is 0.419. The number of hydrogen-bond donors (Lipinski definition) is 0. The van der Waals surface area contributed by atoms with Gasteiger partial charge in [0, 0.05) is 7.11 Å². The zero-order valence-corrected chi connectivity index (χ0v) is 13.6. The van der Waals surface area contributed by atoms with E-state index in [0.717, 1.165) is 0 Å². The Hall–Kier alpha value is -2.79. The molecule has 0 heterocycles. The van der Waals surface area contributed by atoms with Crippen molar-refractivity contribution in [1.82, 2.24) is 0 Å². The third-order valence-corrected chi connectivity index (χ3v) is 3.05. The van der Waals surface area contributed by atoms with E-state index in [-0.39, 0.29) is 0 Å². The van der Waals surface area contributed by atoms with Gasteiger partial charge in [0.05, 0.1) is 12.2 Å². The predicted octanol–water partition coefficient (Wildman–Crippen LogP) is 3.50. The van der Waals surface area contributed by atoms with Gasteiger partial charge in [-0.05, 0) is 48.5 Å². The summed E-state index contributed by atoms with van der Waals surface area (Å²) < 4.78 is 21.1. The number of carbonyl (C=O) groups is 1. The van der Waals surface area contributed by atoms with Gasteiger partial charge >= 0.3 is 5.97 Å². The maximum atomic E-state index is 12.1. The van der Waals surface area contributed by atoms with Crippen LogP contribution in [0.4, 0.5) is 0 Å². The molecule has 0 fully saturated rings. The van der Waals surface area contributed by atoms with Crippen LogP contribution >= 0.6 is 0 Å². The van der Waals surface area contributed by atoms with Crippen molar-refractivity contribution >= 4 is 5.97 Å². The van der Waals surface area contributed by atoms with Crippen molar-refractivity contribution in [3.63, 3.8) is 0 Å². The van der Waals surface area contributed by atoms with Crippen molar-refractivity contribution in [2.45, 2.75) is 0 Å². The molecule has 126 valence electrons. The van der Waals surface area contributed by atoms with E-state index in [2.05, 4.69) is 6.58 Å². The fourth-order valence-corrected chi connectivity index (χ4v) is 1.86. The van der Waals surface area contributed by atoms with Gasteiger partial charge in [-0.1, -0.05) is 12.7 Å². The number of hydrogen-bond acceptors (Lipinski definition) is 5. The first-order valence-electron chi connectivity index (χ1n) is 7.50. The number of benzene rings is 2. The SMILES string of the molecule is C=CCOc1ccc(C(=O)Oc2ccc(OCCOC)cc2)cc1. The number of ether oxygens (including phenoxy) is 4. The molecule has 0 N–H and O–H groups in total. The second kappa shape index (κ2) is 9.37. The Morgan fingerprint density at radius 1 is 0.917 bits per heavy atom. The standard InChI is InChI=1S/C19H20O5/c1-3-12-22-16-6-4-15(5-7-16)19(20)24-18-10-8-17(9-11-18)23-14-13-21-2/h3-11H,1,12-14H2,2H3. The minimum atomic E-state index is -0.432. The van der Waals surface area contributed by atoms with Gasteiger partial charge in [-0.2, -0.15) is 0 Å². The van der Waals surface area contributed by atoms with Crippen LogP contribution in [-0.4, -0.2) is 32.9 Å². The van der Waals surface area contributed by atoms with Crippen LogP contribution < -0.4 is 14.2 Å². The summed E-state index contributed by atoms with van der Waals surface area (Å²) in [7, 11) is 1.62. The maximum absolute atomic E-state index is 12.1. The van der Waals surface area contributed by atoms with Crippen LogP contribution in [0.15, 0.2) is 61.2 Å². The summed E-state index contributed by atoms with van der Waals surface area (Å²) >= 11 is 0. The van der Waals surface area contributed by atoms with E-state index in [0.29, 0.717) is 42.6 Å². The molecule has 0 radical (unpaired) electrons. The fourth-order valence-electron chi connectivity index (χ4n) is 1.86. The average molecular weight is 328 g/mol. The smallest absolute Gasteiger partial charge is 0.343 e. The largest absolute Gasteiger partial charge is 0.491 e. The van der Waals surface area contributed by atoms with E-state index in [1.165, 1.54) is 0 Å².